The van der Waals surface area contributed by atoms with E-state index in [1.54, 1.807) is 0 Å². The van der Waals surface area contributed by atoms with Crippen LogP contribution in [0.1, 0.15) is 31.7 Å². The molecule has 0 bridgehead atoms. The predicted octanol–water partition coefficient (Wildman–Crippen LogP) is 4.30. The van der Waals surface area contributed by atoms with Gasteiger partial charge in [-0.2, -0.15) is 5.10 Å². The monoisotopic (exact) mass is 468 g/mol. The Morgan fingerprint density at radius 3 is 2.29 bits per heavy atom. The van der Waals surface area contributed by atoms with Gasteiger partial charge in [-0.15, -0.1) is 0 Å². The maximum Gasteiger partial charge on any atom is 0.223 e. The second-order valence-corrected chi connectivity index (χ2v) is 9.54. The minimum Gasteiger partial charge on any atom is -0.352 e. The van der Waals surface area contributed by atoms with E-state index < -0.39 is 0 Å². The molecule has 0 radical (unpaired) electrons. The fraction of sp³-hybridized carbons (Fsp3) is 0.357. The third-order valence-electron chi connectivity index (χ3n) is 6.45. The molecule has 2 aromatic heterocycles. The predicted molar refractivity (Wildman–Crippen MR) is 139 cm³/mol. The SMILES string of the molecule is CC(C)Cc1nc(N2CCN(C(=O)CCc3ccccc3)CC2)c2cnn(-c3ccccc3)c2n1. The van der Waals surface area contributed by atoms with Crippen LogP contribution in [0.5, 0.6) is 0 Å². The van der Waals surface area contributed by atoms with Gasteiger partial charge in [0.05, 0.1) is 17.3 Å². The van der Waals surface area contributed by atoms with Crippen LogP contribution < -0.4 is 4.90 Å². The number of amides is 1. The van der Waals surface area contributed by atoms with Crippen molar-refractivity contribution < 1.29 is 4.79 Å². The molecule has 1 saturated heterocycles. The van der Waals surface area contributed by atoms with Crippen molar-refractivity contribution in [2.24, 2.45) is 5.92 Å². The van der Waals surface area contributed by atoms with Gasteiger partial charge in [0.25, 0.3) is 0 Å². The number of carbonyl (C=O) groups excluding carboxylic acids is 1. The Bertz CT molecular complexity index is 1280. The van der Waals surface area contributed by atoms with Gasteiger partial charge >= 0.3 is 0 Å². The zero-order chi connectivity index (χ0) is 24.2. The summed E-state index contributed by atoms with van der Waals surface area (Å²) in [6.07, 6.45) is 4.00. The first-order valence-corrected chi connectivity index (χ1v) is 12.4. The van der Waals surface area contributed by atoms with Crippen LogP contribution in [0.4, 0.5) is 5.82 Å². The lowest BCUT2D eigenvalue weighted by Gasteiger charge is -2.35. The summed E-state index contributed by atoms with van der Waals surface area (Å²) in [5.74, 6) is 2.43. The average molecular weight is 469 g/mol. The smallest absolute Gasteiger partial charge is 0.223 e. The van der Waals surface area contributed by atoms with Crippen LogP contribution in [0.15, 0.2) is 66.9 Å². The first-order valence-electron chi connectivity index (χ1n) is 12.4. The summed E-state index contributed by atoms with van der Waals surface area (Å²) in [7, 11) is 0. The highest BCUT2D eigenvalue weighted by molar-refractivity contribution is 5.88. The molecule has 3 heterocycles. The number of hydrogen-bond donors (Lipinski definition) is 0. The van der Waals surface area contributed by atoms with E-state index >= 15 is 0 Å². The molecule has 7 nitrogen and oxygen atoms in total. The highest BCUT2D eigenvalue weighted by atomic mass is 16.2. The summed E-state index contributed by atoms with van der Waals surface area (Å²) in [5, 5.41) is 5.61. The Morgan fingerprint density at radius 2 is 1.60 bits per heavy atom. The van der Waals surface area contributed by atoms with E-state index in [2.05, 4.69) is 36.0 Å². The lowest BCUT2D eigenvalue weighted by Crippen LogP contribution is -2.49. The molecule has 1 aliphatic rings. The summed E-state index contributed by atoms with van der Waals surface area (Å²) < 4.78 is 1.90. The van der Waals surface area contributed by atoms with Crippen molar-refractivity contribution >= 4 is 22.8 Å². The van der Waals surface area contributed by atoms with Crippen LogP contribution in [-0.4, -0.2) is 56.7 Å². The summed E-state index contributed by atoms with van der Waals surface area (Å²) in [6.45, 7) is 7.27. The Morgan fingerprint density at radius 1 is 0.914 bits per heavy atom. The first kappa shape index (κ1) is 23.0. The Balaban J connectivity index is 1.35. The van der Waals surface area contributed by atoms with Crippen molar-refractivity contribution in [1.82, 2.24) is 24.6 Å². The minimum absolute atomic E-state index is 0.221. The third-order valence-corrected chi connectivity index (χ3v) is 6.45. The van der Waals surface area contributed by atoms with Crippen LogP contribution in [0.25, 0.3) is 16.7 Å². The molecule has 5 rings (SSSR count). The fourth-order valence-corrected chi connectivity index (χ4v) is 4.61. The lowest BCUT2D eigenvalue weighted by molar-refractivity contribution is -0.131. The molecular weight excluding hydrogens is 436 g/mol. The van der Waals surface area contributed by atoms with Gasteiger partial charge in [-0.25, -0.2) is 14.6 Å². The highest BCUT2D eigenvalue weighted by Crippen LogP contribution is 2.27. The van der Waals surface area contributed by atoms with E-state index in [1.165, 1.54) is 5.56 Å². The standard InChI is InChI=1S/C28H32N6O/c1-21(2)19-25-30-27(24-20-29-34(28(24)31-25)23-11-7-4-8-12-23)33-17-15-32(16-18-33)26(35)14-13-22-9-5-3-6-10-22/h3-12,20-21H,13-19H2,1-2H3. The van der Waals surface area contributed by atoms with Crippen LogP contribution >= 0.6 is 0 Å². The number of benzene rings is 2. The minimum atomic E-state index is 0.221. The molecule has 7 heteroatoms. The van der Waals surface area contributed by atoms with Gasteiger partial charge in [0, 0.05) is 39.0 Å². The van der Waals surface area contributed by atoms with E-state index in [4.69, 9.17) is 9.97 Å². The van der Waals surface area contributed by atoms with Gasteiger partial charge in [-0.1, -0.05) is 62.4 Å². The van der Waals surface area contributed by atoms with E-state index in [-0.39, 0.29) is 5.91 Å². The van der Waals surface area contributed by atoms with Crippen molar-refractivity contribution in [1.29, 1.82) is 0 Å². The molecule has 35 heavy (non-hydrogen) atoms. The number of aryl methyl sites for hydroxylation is 1. The van der Waals surface area contributed by atoms with E-state index in [1.807, 2.05) is 64.3 Å². The quantitative estimate of drug-likeness (QED) is 0.405. The summed E-state index contributed by atoms with van der Waals surface area (Å²) in [5.41, 5.74) is 3.02. The molecule has 1 aliphatic heterocycles. The third kappa shape index (κ3) is 5.19. The van der Waals surface area contributed by atoms with E-state index in [0.29, 0.717) is 25.4 Å². The van der Waals surface area contributed by atoms with Crippen molar-refractivity contribution in [3.63, 3.8) is 0 Å². The molecule has 180 valence electrons. The van der Waals surface area contributed by atoms with Gasteiger partial charge in [-0.05, 0) is 30.0 Å². The maximum absolute atomic E-state index is 12.8. The van der Waals surface area contributed by atoms with Gasteiger partial charge in [-0.3, -0.25) is 4.79 Å². The number of anilines is 1. The maximum atomic E-state index is 12.8. The summed E-state index contributed by atoms with van der Waals surface area (Å²) in [4.78, 5) is 27.0. The molecule has 0 N–H and O–H groups in total. The second kappa shape index (κ2) is 10.3. The summed E-state index contributed by atoms with van der Waals surface area (Å²) >= 11 is 0. The fourth-order valence-electron chi connectivity index (χ4n) is 4.61. The molecule has 1 fully saturated rings. The van der Waals surface area contributed by atoms with Gasteiger partial charge in [0.15, 0.2) is 5.65 Å². The van der Waals surface area contributed by atoms with Crippen LogP contribution in [0, 0.1) is 5.92 Å². The Kier molecular flexibility index (Phi) is 6.75. The van der Waals surface area contributed by atoms with Crippen molar-refractivity contribution in [3.8, 4) is 5.69 Å². The largest absolute Gasteiger partial charge is 0.352 e. The van der Waals surface area contributed by atoms with E-state index in [9.17, 15) is 4.79 Å². The highest BCUT2D eigenvalue weighted by Gasteiger charge is 2.25. The molecule has 2 aromatic carbocycles. The molecular formula is C28H32N6O. The van der Waals surface area contributed by atoms with Gasteiger partial charge < -0.3 is 9.80 Å². The topological polar surface area (TPSA) is 67.2 Å². The lowest BCUT2D eigenvalue weighted by atomic mass is 10.1. The molecule has 0 saturated carbocycles. The number of nitrogens with zero attached hydrogens (tertiary/aromatic N) is 6. The Hall–Kier alpha value is -3.74. The molecule has 4 aromatic rings. The number of rotatable bonds is 7. The number of para-hydroxylation sites is 1. The zero-order valence-corrected chi connectivity index (χ0v) is 20.5. The van der Waals surface area contributed by atoms with Gasteiger partial charge in [0.1, 0.15) is 11.6 Å². The van der Waals surface area contributed by atoms with Gasteiger partial charge in [0.2, 0.25) is 5.91 Å². The molecule has 1 amide bonds. The molecule has 0 aliphatic carbocycles. The molecule has 0 unspecified atom stereocenters. The van der Waals surface area contributed by atoms with Crippen molar-refractivity contribution in [3.05, 3.63) is 78.2 Å². The van der Waals surface area contributed by atoms with Crippen LogP contribution in [0.2, 0.25) is 0 Å². The van der Waals surface area contributed by atoms with Crippen LogP contribution in [0.3, 0.4) is 0 Å². The van der Waals surface area contributed by atoms with Crippen LogP contribution in [-0.2, 0) is 17.6 Å². The number of aromatic nitrogens is 4. The number of carbonyl (C=O) groups is 1. The molecule has 0 atom stereocenters. The Labute approximate surface area is 206 Å². The second-order valence-electron chi connectivity index (χ2n) is 9.54. The normalized spacial score (nSPS) is 14.1. The zero-order valence-electron chi connectivity index (χ0n) is 20.5. The van der Waals surface area contributed by atoms with Crippen molar-refractivity contribution in [2.75, 3.05) is 31.1 Å². The number of piperazine rings is 1. The number of hydrogen-bond acceptors (Lipinski definition) is 5. The summed E-state index contributed by atoms with van der Waals surface area (Å²) in [6, 6.07) is 20.3. The number of fused-ring (bicyclic) bond motifs is 1. The van der Waals surface area contributed by atoms with Crippen molar-refractivity contribution in [2.45, 2.75) is 33.1 Å². The van der Waals surface area contributed by atoms with E-state index in [0.717, 1.165) is 54.3 Å². The average Bonchev–Trinajstić information content (AvgIpc) is 3.31. The first-order chi connectivity index (χ1) is 17.1. The molecule has 0 spiro atoms.